The molecule has 0 unspecified atom stereocenters. The van der Waals surface area contributed by atoms with E-state index in [1.165, 1.54) is 17.2 Å². The third-order valence-electron chi connectivity index (χ3n) is 5.55. The molecule has 0 spiro atoms. The second-order valence-electron chi connectivity index (χ2n) is 7.80. The summed E-state index contributed by atoms with van der Waals surface area (Å²) < 4.78 is 38.0. The van der Waals surface area contributed by atoms with Crippen molar-refractivity contribution in [2.45, 2.75) is 33.0 Å². The van der Waals surface area contributed by atoms with Crippen LogP contribution in [0.25, 0.3) is 0 Å². The van der Waals surface area contributed by atoms with Crippen molar-refractivity contribution in [3.8, 4) is 0 Å². The van der Waals surface area contributed by atoms with Gasteiger partial charge < -0.3 is 10.2 Å². The van der Waals surface area contributed by atoms with Crippen molar-refractivity contribution in [3.05, 3.63) is 58.8 Å². The molecule has 1 amide bonds. The number of halogens is 3. The van der Waals surface area contributed by atoms with E-state index >= 15 is 0 Å². The number of carbonyl (C=O) groups is 1. The third-order valence-corrected chi connectivity index (χ3v) is 5.55. The van der Waals surface area contributed by atoms with Gasteiger partial charge in [0.05, 0.1) is 18.2 Å². The van der Waals surface area contributed by atoms with Crippen LogP contribution >= 0.6 is 0 Å². The molecule has 162 valence electrons. The standard InChI is InChI=1S/C22H27F3N4O/c1-15-4-5-18(12-16(15)2)17(3)27-21(30)14-28-8-10-29(11-9-28)20-7-6-19(13-26-20)22(23,24)25/h4-7,12-13,17H,8-11,14H2,1-3H3,(H,27,30)/t17-/m0/s1. The Hall–Kier alpha value is -2.61. The lowest BCUT2D eigenvalue weighted by Gasteiger charge is -2.35. The minimum Gasteiger partial charge on any atom is -0.354 e. The summed E-state index contributed by atoms with van der Waals surface area (Å²) in [6, 6.07) is 8.56. The third kappa shape index (κ3) is 5.50. The molecule has 2 aromatic rings. The van der Waals surface area contributed by atoms with Crippen LogP contribution in [-0.2, 0) is 11.0 Å². The van der Waals surface area contributed by atoms with Gasteiger partial charge in [-0.05, 0) is 49.6 Å². The summed E-state index contributed by atoms with van der Waals surface area (Å²) in [5.41, 5.74) is 2.74. The monoisotopic (exact) mass is 420 g/mol. The summed E-state index contributed by atoms with van der Waals surface area (Å²) in [5, 5.41) is 3.04. The predicted molar refractivity (Wildman–Crippen MR) is 110 cm³/mol. The fraction of sp³-hybridized carbons (Fsp3) is 0.455. The normalized spacial score (nSPS) is 16.4. The lowest BCUT2D eigenvalue weighted by molar-refractivity contribution is -0.137. The lowest BCUT2D eigenvalue weighted by Crippen LogP contribution is -2.49. The van der Waals surface area contributed by atoms with Crippen molar-refractivity contribution in [1.29, 1.82) is 0 Å². The van der Waals surface area contributed by atoms with Gasteiger partial charge in [-0.1, -0.05) is 18.2 Å². The van der Waals surface area contributed by atoms with Gasteiger partial charge in [0.1, 0.15) is 5.82 Å². The number of nitrogens with zero attached hydrogens (tertiary/aromatic N) is 3. The lowest BCUT2D eigenvalue weighted by atomic mass is 10.0. The quantitative estimate of drug-likeness (QED) is 0.801. The van der Waals surface area contributed by atoms with Gasteiger partial charge in [0.2, 0.25) is 5.91 Å². The highest BCUT2D eigenvalue weighted by Gasteiger charge is 2.31. The Bertz CT molecular complexity index is 875. The zero-order valence-electron chi connectivity index (χ0n) is 17.5. The fourth-order valence-corrected chi connectivity index (χ4v) is 3.48. The summed E-state index contributed by atoms with van der Waals surface area (Å²) >= 11 is 0. The maximum absolute atomic E-state index is 12.7. The molecule has 1 aliphatic heterocycles. The average molecular weight is 420 g/mol. The molecule has 1 atom stereocenters. The van der Waals surface area contributed by atoms with Gasteiger partial charge in [-0.25, -0.2) is 4.98 Å². The summed E-state index contributed by atoms with van der Waals surface area (Å²) in [6.45, 7) is 8.89. The number of anilines is 1. The van der Waals surface area contributed by atoms with Crippen molar-refractivity contribution in [2.24, 2.45) is 0 Å². The van der Waals surface area contributed by atoms with E-state index in [2.05, 4.69) is 36.3 Å². The first kappa shape index (κ1) is 22.1. The highest BCUT2D eigenvalue weighted by atomic mass is 19.4. The zero-order valence-corrected chi connectivity index (χ0v) is 17.5. The Morgan fingerprint density at radius 2 is 1.80 bits per heavy atom. The number of aromatic nitrogens is 1. The molecule has 0 radical (unpaired) electrons. The molecule has 0 bridgehead atoms. The van der Waals surface area contributed by atoms with Gasteiger partial charge in [-0.15, -0.1) is 0 Å². The van der Waals surface area contributed by atoms with E-state index in [1.807, 2.05) is 22.8 Å². The van der Waals surface area contributed by atoms with Crippen LogP contribution in [0.2, 0.25) is 0 Å². The average Bonchev–Trinajstić information content (AvgIpc) is 2.70. The molecule has 5 nitrogen and oxygen atoms in total. The summed E-state index contributed by atoms with van der Waals surface area (Å²) in [6.07, 6.45) is -3.52. The minimum absolute atomic E-state index is 0.0400. The Morgan fingerprint density at radius 1 is 1.10 bits per heavy atom. The second kappa shape index (κ2) is 9.04. The SMILES string of the molecule is Cc1ccc([C@H](C)NC(=O)CN2CCN(c3ccc(C(F)(F)F)cn3)CC2)cc1C. The number of rotatable bonds is 5. The summed E-state index contributed by atoms with van der Waals surface area (Å²) in [5.74, 6) is 0.484. The summed E-state index contributed by atoms with van der Waals surface area (Å²) in [4.78, 5) is 20.4. The molecule has 2 heterocycles. The highest BCUT2D eigenvalue weighted by Crippen LogP contribution is 2.29. The van der Waals surface area contributed by atoms with Crippen molar-refractivity contribution in [1.82, 2.24) is 15.2 Å². The van der Waals surface area contributed by atoms with E-state index in [9.17, 15) is 18.0 Å². The summed E-state index contributed by atoms with van der Waals surface area (Å²) in [7, 11) is 0. The first-order valence-electron chi connectivity index (χ1n) is 10.0. The van der Waals surface area contributed by atoms with Crippen molar-refractivity contribution < 1.29 is 18.0 Å². The number of carbonyl (C=O) groups excluding carboxylic acids is 1. The van der Waals surface area contributed by atoms with E-state index in [0.29, 0.717) is 38.5 Å². The molecule has 1 saturated heterocycles. The molecule has 8 heteroatoms. The van der Waals surface area contributed by atoms with Crippen LogP contribution in [0.4, 0.5) is 19.0 Å². The molecule has 30 heavy (non-hydrogen) atoms. The number of alkyl halides is 3. The first-order valence-corrected chi connectivity index (χ1v) is 10.0. The Balaban J connectivity index is 1.48. The van der Waals surface area contributed by atoms with Crippen LogP contribution in [0.3, 0.4) is 0 Å². The molecule has 1 aromatic heterocycles. The van der Waals surface area contributed by atoms with E-state index < -0.39 is 11.7 Å². The minimum atomic E-state index is -4.38. The Labute approximate surface area is 174 Å². The van der Waals surface area contributed by atoms with E-state index in [1.54, 1.807) is 0 Å². The topological polar surface area (TPSA) is 48.5 Å². The number of hydrogen-bond acceptors (Lipinski definition) is 4. The molecule has 1 fully saturated rings. The van der Waals surface area contributed by atoms with E-state index in [4.69, 9.17) is 0 Å². The number of aryl methyl sites for hydroxylation is 2. The van der Waals surface area contributed by atoms with Gasteiger partial charge in [0.25, 0.3) is 0 Å². The molecule has 0 saturated carbocycles. The number of piperazine rings is 1. The number of nitrogens with one attached hydrogen (secondary N) is 1. The highest BCUT2D eigenvalue weighted by molar-refractivity contribution is 5.78. The number of pyridine rings is 1. The Kier molecular flexibility index (Phi) is 6.65. The zero-order chi connectivity index (χ0) is 21.9. The molecule has 1 N–H and O–H groups in total. The predicted octanol–water partition coefficient (Wildman–Crippen LogP) is 3.72. The first-order chi connectivity index (χ1) is 14.1. The van der Waals surface area contributed by atoms with Gasteiger partial charge >= 0.3 is 6.18 Å². The van der Waals surface area contributed by atoms with Crippen LogP contribution in [0.5, 0.6) is 0 Å². The van der Waals surface area contributed by atoms with E-state index in [-0.39, 0.29) is 11.9 Å². The van der Waals surface area contributed by atoms with Crippen molar-refractivity contribution >= 4 is 11.7 Å². The van der Waals surface area contributed by atoms with E-state index in [0.717, 1.165) is 17.8 Å². The van der Waals surface area contributed by atoms with Gasteiger partial charge in [-0.3, -0.25) is 9.69 Å². The molecule has 1 aromatic carbocycles. The van der Waals surface area contributed by atoms with Gasteiger partial charge in [0.15, 0.2) is 0 Å². The van der Waals surface area contributed by atoms with Crippen molar-refractivity contribution in [3.63, 3.8) is 0 Å². The molecule has 0 aliphatic carbocycles. The number of benzene rings is 1. The van der Waals surface area contributed by atoms with Gasteiger partial charge in [-0.2, -0.15) is 13.2 Å². The van der Waals surface area contributed by atoms with Crippen LogP contribution in [0.15, 0.2) is 36.5 Å². The molecule has 3 rings (SSSR count). The van der Waals surface area contributed by atoms with Crippen LogP contribution in [0.1, 0.15) is 35.2 Å². The maximum atomic E-state index is 12.7. The number of amides is 1. The second-order valence-corrected chi connectivity index (χ2v) is 7.80. The largest absolute Gasteiger partial charge is 0.417 e. The molecular formula is C22H27F3N4O. The van der Waals surface area contributed by atoms with Crippen molar-refractivity contribution in [2.75, 3.05) is 37.6 Å². The Morgan fingerprint density at radius 3 is 2.37 bits per heavy atom. The van der Waals surface area contributed by atoms with Crippen LogP contribution in [-0.4, -0.2) is 48.5 Å². The maximum Gasteiger partial charge on any atom is 0.417 e. The fourth-order valence-electron chi connectivity index (χ4n) is 3.48. The molecular weight excluding hydrogens is 393 g/mol. The number of hydrogen-bond donors (Lipinski definition) is 1. The molecule has 1 aliphatic rings. The van der Waals surface area contributed by atoms with Crippen LogP contribution < -0.4 is 10.2 Å². The smallest absolute Gasteiger partial charge is 0.354 e. The van der Waals surface area contributed by atoms with Crippen LogP contribution in [0, 0.1) is 13.8 Å². The van der Waals surface area contributed by atoms with Gasteiger partial charge in [0, 0.05) is 32.4 Å².